The molecule has 3 aromatic rings. The summed E-state index contributed by atoms with van der Waals surface area (Å²) in [4.78, 5) is 29.2. The molecule has 4 rings (SSSR count). The van der Waals surface area contributed by atoms with Gasteiger partial charge in [0.25, 0.3) is 11.8 Å². The van der Waals surface area contributed by atoms with Gasteiger partial charge in [-0.25, -0.2) is 0 Å². The van der Waals surface area contributed by atoms with Crippen molar-refractivity contribution in [1.82, 2.24) is 9.88 Å². The average molecular weight is 305 g/mol. The van der Waals surface area contributed by atoms with Crippen molar-refractivity contribution in [2.75, 3.05) is 12.3 Å². The number of benzene rings is 2. The summed E-state index contributed by atoms with van der Waals surface area (Å²) in [5.41, 5.74) is 9.55. The average Bonchev–Trinajstić information content (AvgIpc) is 3.06. The molecular formula is C18H15N3O2. The molecule has 1 aromatic heterocycles. The molecule has 0 radical (unpaired) electrons. The number of imide groups is 1. The van der Waals surface area contributed by atoms with Crippen molar-refractivity contribution < 1.29 is 9.59 Å². The number of nitrogens with one attached hydrogen (secondary N) is 1. The Morgan fingerprint density at radius 3 is 2.39 bits per heavy atom. The lowest BCUT2D eigenvalue weighted by atomic mass is 10.1. The largest absolute Gasteiger partial charge is 0.399 e. The van der Waals surface area contributed by atoms with Gasteiger partial charge in [0.2, 0.25) is 0 Å². The van der Waals surface area contributed by atoms with Crippen molar-refractivity contribution in [3.05, 3.63) is 65.4 Å². The van der Waals surface area contributed by atoms with Gasteiger partial charge in [0.1, 0.15) is 0 Å². The Bertz CT molecular complexity index is 907. The molecular weight excluding hydrogens is 290 g/mol. The van der Waals surface area contributed by atoms with Crippen LogP contribution in [0.4, 0.5) is 5.69 Å². The summed E-state index contributed by atoms with van der Waals surface area (Å²) in [6, 6.07) is 12.6. The number of nitrogens with zero attached hydrogens (tertiary/aromatic N) is 1. The second-order valence-corrected chi connectivity index (χ2v) is 5.68. The van der Waals surface area contributed by atoms with Crippen LogP contribution >= 0.6 is 0 Å². The normalized spacial score (nSPS) is 13.8. The van der Waals surface area contributed by atoms with Gasteiger partial charge >= 0.3 is 0 Å². The second-order valence-electron chi connectivity index (χ2n) is 5.68. The van der Waals surface area contributed by atoms with Crippen molar-refractivity contribution >= 4 is 28.4 Å². The van der Waals surface area contributed by atoms with Gasteiger partial charge in [-0.3, -0.25) is 14.5 Å². The third kappa shape index (κ3) is 2.09. The Kier molecular flexibility index (Phi) is 2.94. The van der Waals surface area contributed by atoms with Gasteiger partial charge in [-0.15, -0.1) is 0 Å². The molecule has 0 fully saturated rings. The van der Waals surface area contributed by atoms with Crippen LogP contribution in [0.3, 0.4) is 0 Å². The van der Waals surface area contributed by atoms with E-state index in [0.29, 0.717) is 29.8 Å². The number of nitrogen functional groups attached to an aromatic ring is 1. The van der Waals surface area contributed by atoms with Gasteiger partial charge in [0.15, 0.2) is 0 Å². The predicted molar refractivity (Wildman–Crippen MR) is 88.2 cm³/mol. The minimum Gasteiger partial charge on any atom is -0.399 e. The highest BCUT2D eigenvalue weighted by Gasteiger charge is 2.34. The van der Waals surface area contributed by atoms with Crippen LogP contribution in [0, 0.1) is 0 Å². The number of amides is 2. The van der Waals surface area contributed by atoms with E-state index in [1.807, 2.05) is 24.4 Å². The molecule has 114 valence electrons. The summed E-state index contributed by atoms with van der Waals surface area (Å²) in [5.74, 6) is -0.435. The first-order valence-corrected chi connectivity index (χ1v) is 7.46. The van der Waals surface area contributed by atoms with E-state index in [4.69, 9.17) is 5.73 Å². The van der Waals surface area contributed by atoms with Crippen LogP contribution in [-0.4, -0.2) is 28.2 Å². The van der Waals surface area contributed by atoms with Gasteiger partial charge in [0, 0.05) is 29.3 Å². The fourth-order valence-electron chi connectivity index (χ4n) is 3.08. The summed E-state index contributed by atoms with van der Waals surface area (Å²) in [7, 11) is 0. The van der Waals surface area contributed by atoms with E-state index in [2.05, 4.69) is 4.98 Å². The number of rotatable bonds is 3. The monoisotopic (exact) mass is 305 g/mol. The first-order chi connectivity index (χ1) is 11.1. The van der Waals surface area contributed by atoms with Crippen LogP contribution in [0.5, 0.6) is 0 Å². The molecule has 0 aliphatic carbocycles. The number of fused-ring (bicyclic) bond motifs is 2. The van der Waals surface area contributed by atoms with Crippen LogP contribution in [0.1, 0.15) is 26.3 Å². The standard InChI is InChI=1S/C18H15N3O2/c19-12-5-6-16-15(9-12)11(10-20-16)7-8-21-17(22)13-3-1-2-4-14(13)18(21)23/h1-6,9-10,20H,7-8,19H2. The number of aromatic amines is 1. The molecule has 0 unspecified atom stereocenters. The first kappa shape index (κ1) is 13.6. The van der Waals surface area contributed by atoms with E-state index in [0.717, 1.165) is 16.5 Å². The van der Waals surface area contributed by atoms with Gasteiger partial charge in [-0.1, -0.05) is 12.1 Å². The van der Waals surface area contributed by atoms with Crippen molar-refractivity contribution in [1.29, 1.82) is 0 Å². The Hall–Kier alpha value is -3.08. The molecule has 1 aliphatic rings. The molecule has 0 saturated carbocycles. The zero-order valence-corrected chi connectivity index (χ0v) is 12.4. The van der Waals surface area contributed by atoms with Crippen molar-refractivity contribution in [2.45, 2.75) is 6.42 Å². The van der Waals surface area contributed by atoms with Crippen LogP contribution in [-0.2, 0) is 6.42 Å². The van der Waals surface area contributed by atoms with Crippen LogP contribution < -0.4 is 5.73 Å². The molecule has 1 aliphatic heterocycles. The lowest BCUT2D eigenvalue weighted by Crippen LogP contribution is -2.31. The highest BCUT2D eigenvalue weighted by Crippen LogP contribution is 2.25. The van der Waals surface area contributed by atoms with E-state index in [-0.39, 0.29) is 11.8 Å². The maximum absolute atomic E-state index is 12.4. The number of anilines is 1. The number of hydrogen-bond acceptors (Lipinski definition) is 3. The van der Waals surface area contributed by atoms with E-state index < -0.39 is 0 Å². The zero-order chi connectivity index (χ0) is 16.0. The van der Waals surface area contributed by atoms with E-state index in [1.165, 1.54) is 4.90 Å². The fourth-order valence-corrected chi connectivity index (χ4v) is 3.08. The zero-order valence-electron chi connectivity index (χ0n) is 12.4. The van der Waals surface area contributed by atoms with Gasteiger partial charge in [-0.05, 0) is 42.3 Å². The number of H-pyrrole nitrogens is 1. The van der Waals surface area contributed by atoms with Gasteiger partial charge in [0.05, 0.1) is 11.1 Å². The lowest BCUT2D eigenvalue weighted by Gasteiger charge is -2.13. The molecule has 2 aromatic carbocycles. The number of hydrogen-bond donors (Lipinski definition) is 2. The minimum absolute atomic E-state index is 0.218. The van der Waals surface area contributed by atoms with E-state index in [1.54, 1.807) is 24.3 Å². The van der Waals surface area contributed by atoms with Gasteiger partial charge < -0.3 is 10.7 Å². The number of carbonyl (C=O) groups excluding carboxylic acids is 2. The summed E-state index contributed by atoms with van der Waals surface area (Å²) in [6.45, 7) is 0.355. The quantitative estimate of drug-likeness (QED) is 0.576. The van der Waals surface area contributed by atoms with Crippen molar-refractivity contribution in [3.8, 4) is 0 Å². The van der Waals surface area contributed by atoms with Crippen LogP contribution in [0.25, 0.3) is 10.9 Å². The molecule has 3 N–H and O–H groups in total. The highest BCUT2D eigenvalue weighted by molar-refractivity contribution is 6.21. The van der Waals surface area contributed by atoms with E-state index in [9.17, 15) is 9.59 Å². The summed E-state index contributed by atoms with van der Waals surface area (Å²) in [6.07, 6.45) is 2.50. The molecule has 23 heavy (non-hydrogen) atoms. The molecule has 2 heterocycles. The fraction of sp³-hybridized carbons (Fsp3) is 0.111. The molecule has 0 atom stereocenters. The lowest BCUT2D eigenvalue weighted by molar-refractivity contribution is 0.0656. The predicted octanol–water partition coefficient (Wildman–Crippen LogP) is 2.59. The van der Waals surface area contributed by atoms with Crippen molar-refractivity contribution in [3.63, 3.8) is 0 Å². The summed E-state index contributed by atoms with van der Waals surface area (Å²) < 4.78 is 0. The Balaban J connectivity index is 1.59. The van der Waals surface area contributed by atoms with Gasteiger partial charge in [-0.2, -0.15) is 0 Å². The summed E-state index contributed by atoms with van der Waals surface area (Å²) >= 11 is 0. The minimum atomic E-state index is -0.218. The Morgan fingerprint density at radius 1 is 1.00 bits per heavy atom. The molecule has 0 bridgehead atoms. The van der Waals surface area contributed by atoms with E-state index >= 15 is 0 Å². The molecule has 2 amide bonds. The molecule has 0 saturated heterocycles. The summed E-state index contributed by atoms with van der Waals surface area (Å²) in [5, 5.41) is 1.03. The maximum atomic E-state index is 12.4. The molecule has 0 spiro atoms. The number of nitrogens with two attached hydrogens (primary N) is 1. The van der Waals surface area contributed by atoms with Crippen LogP contribution in [0.2, 0.25) is 0 Å². The SMILES string of the molecule is Nc1ccc2[nH]cc(CCN3C(=O)c4ccccc4C3=O)c2c1. The highest BCUT2D eigenvalue weighted by atomic mass is 16.2. The third-order valence-corrected chi connectivity index (χ3v) is 4.27. The first-order valence-electron chi connectivity index (χ1n) is 7.46. The maximum Gasteiger partial charge on any atom is 0.261 e. The molecule has 5 nitrogen and oxygen atoms in total. The third-order valence-electron chi connectivity index (χ3n) is 4.27. The number of aromatic nitrogens is 1. The Labute approximate surface area is 132 Å². The Morgan fingerprint density at radius 2 is 1.70 bits per heavy atom. The second kappa shape index (κ2) is 4.98. The topological polar surface area (TPSA) is 79.2 Å². The molecule has 5 heteroatoms. The number of carbonyl (C=O) groups is 2. The smallest absolute Gasteiger partial charge is 0.261 e. The van der Waals surface area contributed by atoms with Crippen molar-refractivity contribution in [2.24, 2.45) is 0 Å². The van der Waals surface area contributed by atoms with Crippen LogP contribution in [0.15, 0.2) is 48.7 Å².